The number of anilines is 1. The Morgan fingerprint density at radius 2 is 2.33 bits per heavy atom. The van der Waals surface area contributed by atoms with Gasteiger partial charge in [0.05, 0.1) is 4.92 Å². The molecule has 1 unspecified atom stereocenters. The Morgan fingerprint density at radius 1 is 1.56 bits per heavy atom. The summed E-state index contributed by atoms with van der Waals surface area (Å²) in [4.78, 5) is 10.4. The largest absolute Gasteiger partial charge is 0.381 e. The fourth-order valence-electron chi connectivity index (χ4n) is 2.18. The number of nitro groups is 1. The summed E-state index contributed by atoms with van der Waals surface area (Å²) in [5, 5.41) is 17.5. The SMILES string of the molecule is CC(C)NCC1CCc2ccc([N+](=O)[O-])cc2N1. The lowest BCUT2D eigenvalue weighted by atomic mass is 9.97. The molecule has 2 rings (SSSR count). The van der Waals surface area contributed by atoms with Crippen molar-refractivity contribution in [3.8, 4) is 0 Å². The topological polar surface area (TPSA) is 67.2 Å². The van der Waals surface area contributed by atoms with Gasteiger partial charge >= 0.3 is 0 Å². The maximum absolute atomic E-state index is 10.7. The predicted octanol–water partition coefficient (Wildman–Crippen LogP) is 2.32. The summed E-state index contributed by atoms with van der Waals surface area (Å²) < 4.78 is 0. The third-order valence-electron chi connectivity index (χ3n) is 3.20. The first-order valence-corrected chi connectivity index (χ1v) is 6.33. The van der Waals surface area contributed by atoms with Gasteiger partial charge in [-0.1, -0.05) is 19.9 Å². The minimum atomic E-state index is -0.349. The van der Waals surface area contributed by atoms with Crippen LogP contribution >= 0.6 is 0 Å². The van der Waals surface area contributed by atoms with Gasteiger partial charge in [-0.25, -0.2) is 0 Å². The van der Waals surface area contributed by atoms with Gasteiger partial charge < -0.3 is 10.6 Å². The molecule has 0 fully saturated rings. The number of hydrogen-bond acceptors (Lipinski definition) is 4. The van der Waals surface area contributed by atoms with Crippen LogP contribution in [0.3, 0.4) is 0 Å². The summed E-state index contributed by atoms with van der Waals surface area (Å²) in [5.74, 6) is 0. The maximum Gasteiger partial charge on any atom is 0.271 e. The van der Waals surface area contributed by atoms with Gasteiger partial charge in [-0.3, -0.25) is 10.1 Å². The van der Waals surface area contributed by atoms with Crippen LogP contribution in [0.15, 0.2) is 18.2 Å². The van der Waals surface area contributed by atoms with Gasteiger partial charge in [0.25, 0.3) is 5.69 Å². The molecular formula is C13H19N3O2. The molecule has 18 heavy (non-hydrogen) atoms. The molecule has 0 amide bonds. The van der Waals surface area contributed by atoms with Gasteiger partial charge in [0, 0.05) is 36.4 Å². The Kier molecular flexibility index (Phi) is 3.81. The second-order valence-electron chi connectivity index (χ2n) is 5.04. The number of aryl methyl sites for hydroxylation is 1. The molecule has 1 aliphatic rings. The fourth-order valence-corrected chi connectivity index (χ4v) is 2.18. The zero-order chi connectivity index (χ0) is 13.1. The van der Waals surface area contributed by atoms with E-state index >= 15 is 0 Å². The van der Waals surface area contributed by atoms with Crippen molar-refractivity contribution in [3.05, 3.63) is 33.9 Å². The van der Waals surface area contributed by atoms with E-state index in [0.29, 0.717) is 12.1 Å². The van der Waals surface area contributed by atoms with Crippen LogP contribution in [-0.2, 0) is 6.42 Å². The second-order valence-corrected chi connectivity index (χ2v) is 5.04. The van der Waals surface area contributed by atoms with Crippen LogP contribution in [-0.4, -0.2) is 23.6 Å². The molecule has 1 aromatic rings. The van der Waals surface area contributed by atoms with Gasteiger partial charge in [-0.15, -0.1) is 0 Å². The minimum absolute atomic E-state index is 0.152. The summed E-state index contributed by atoms with van der Waals surface area (Å²) in [6.07, 6.45) is 2.04. The number of fused-ring (bicyclic) bond motifs is 1. The van der Waals surface area contributed by atoms with Crippen molar-refractivity contribution in [2.45, 2.75) is 38.8 Å². The Hall–Kier alpha value is -1.62. The number of non-ortho nitro benzene ring substituents is 1. The van der Waals surface area contributed by atoms with Crippen LogP contribution in [0, 0.1) is 10.1 Å². The molecule has 0 aliphatic carbocycles. The van der Waals surface area contributed by atoms with E-state index in [4.69, 9.17) is 0 Å². The molecule has 1 heterocycles. The molecule has 2 N–H and O–H groups in total. The first-order valence-electron chi connectivity index (χ1n) is 6.33. The Morgan fingerprint density at radius 3 is 3.00 bits per heavy atom. The smallest absolute Gasteiger partial charge is 0.271 e. The van der Waals surface area contributed by atoms with Gasteiger partial charge in [0.15, 0.2) is 0 Å². The number of nitrogens with one attached hydrogen (secondary N) is 2. The lowest BCUT2D eigenvalue weighted by molar-refractivity contribution is -0.384. The van der Waals surface area contributed by atoms with E-state index < -0.39 is 0 Å². The average Bonchev–Trinajstić information content (AvgIpc) is 2.35. The van der Waals surface area contributed by atoms with Crippen molar-refractivity contribution >= 4 is 11.4 Å². The Balaban J connectivity index is 2.07. The zero-order valence-corrected chi connectivity index (χ0v) is 10.8. The van der Waals surface area contributed by atoms with Crippen molar-refractivity contribution < 1.29 is 4.92 Å². The van der Waals surface area contributed by atoms with Gasteiger partial charge in [0.2, 0.25) is 0 Å². The molecule has 98 valence electrons. The lowest BCUT2D eigenvalue weighted by Crippen LogP contribution is -2.38. The van der Waals surface area contributed by atoms with Gasteiger partial charge in [-0.2, -0.15) is 0 Å². The number of rotatable bonds is 4. The average molecular weight is 249 g/mol. The summed E-state index contributed by atoms with van der Waals surface area (Å²) in [7, 11) is 0. The Labute approximate surface area is 107 Å². The normalized spacial score (nSPS) is 18.3. The number of benzene rings is 1. The molecule has 0 saturated heterocycles. The van der Waals surface area contributed by atoms with E-state index in [-0.39, 0.29) is 10.6 Å². The molecule has 1 aliphatic heterocycles. The number of nitro benzene ring substituents is 1. The van der Waals surface area contributed by atoms with E-state index in [0.717, 1.165) is 25.1 Å². The molecule has 0 spiro atoms. The molecule has 1 atom stereocenters. The number of nitrogens with zero attached hydrogens (tertiary/aromatic N) is 1. The first-order chi connectivity index (χ1) is 8.56. The van der Waals surface area contributed by atoms with Crippen molar-refractivity contribution in [1.29, 1.82) is 0 Å². The highest BCUT2D eigenvalue weighted by atomic mass is 16.6. The van der Waals surface area contributed by atoms with Crippen LogP contribution in [0.4, 0.5) is 11.4 Å². The molecular weight excluding hydrogens is 230 g/mol. The van der Waals surface area contributed by atoms with Crippen LogP contribution < -0.4 is 10.6 Å². The predicted molar refractivity (Wildman–Crippen MR) is 72.0 cm³/mol. The van der Waals surface area contributed by atoms with Crippen molar-refractivity contribution in [2.24, 2.45) is 0 Å². The molecule has 5 nitrogen and oxygen atoms in total. The first kappa shape index (κ1) is 12.8. The summed E-state index contributed by atoms with van der Waals surface area (Å²) in [6, 6.07) is 5.87. The maximum atomic E-state index is 10.7. The van der Waals surface area contributed by atoms with Crippen LogP contribution in [0.1, 0.15) is 25.8 Å². The van der Waals surface area contributed by atoms with Gasteiger partial charge in [0.1, 0.15) is 0 Å². The van der Waals surface area contributed by atoms with Crippen LogP contribution in [0.2, 0.25) is 0 Å². The zero-order valence-electron chi connectivity index (χ0n) is 10.8. The summed E-state index contributed by atoms with van der Waals surface area (Å²) in [5.41, 5.74) is 2.23. The van der Waals surface area contributed by atoms with Crippen LogP contribution in [0.25, 0.3) is 0 Å². The highest BCUT2D eigenvalue weighted by molar-refractivity contribution is 5.59. The molecule has 0 radical (unpaired) electrons. The van der Waals surface area contributed by atoms with E-state index in [9.17, 15) is 10.1 Å². The fraction of sp³-hybridized carbons (Fsp3) is 0.538. The van der Waals surface area contributed by atoms with Crippen molar-refractivity contribution in [2.75, 3.05) is 11.9 Å². The van der Waals surface area contributed by atoms with Gasteiger partial charge in [-0.05, 0) is 18.4 Å². The van der Waals surface area contributed by atoms with E-state index in [2.05, 4.69) is 24.5 Å². The van der Waals surface area contributed by atoms with E-state index in [1.807, 2.05) is 6.07 Å². The van der Waals surface area contributed by atoms with Crippen molar-refractivity contribution in [3.63, 3.8) is 0 Å². The highest BCUT2D eigenvalue weighted by Gasteiger charge is 2.19. The van der Waals surface area contributed by atoms with E-state index in [1.165, 1.54) is 5.56 Å². The lowest BCUT2D eigenvalue weighted by Gasteiger charge is -2.27. The highest BCUT2D eigenvalue weighted by Crippen LogP contribution is 2.28. The Bertz CT molecular complexity index is 446. The van der Waals surface area contributed by atoms with E-state index in [1.54, 1.807) is 12.1 Å². The minimum Gasteiger partial charge on any atom is -0.381 e. The molecule has 0 aromatic heterocycles. The number of hydrogen-bond donors (Lipinski definition) is 2. The molecule has 0 bridgehead atoms. The molecule has 1 aromatic carbocycles. The van der Waals surface area contributed by atoms with Crippen LogP contribution in [0.5, 0.6) is 0 Å². The quantitative estimate of drug-likeness (QED) is 0.634. The molecule has 0 saturated carbocycles. The third kappa shape index (κ3) is 2.98. The summed E-state index contributed by atoms with van der Waals surface area (Å²) >= 11 is 0. The summed E-state index contributed by atoms with van der Waals surface area (Å²) in [6.45, 7) is 5.11. The monoisotopic (exact) mass is 249 g/mol. The third-order valence-corrected chi connectivity index (χ3v) is 3.20. The molecule has 5 heteroatoms. The second kappa shape index (κ2) is 5.35. The standard InChI is InChI=1S/C13H19N3O2/c1-9(2)14-8-11-5-3-10-4-6-12(16(17)18)7-13(10)15-11/h4,6-7,9,11,14-15H,3,5,8H2,1-2H3. The van der Waals surface area contributed by atoms with Crippen molar-refractivity contribution in [1.82, 2.24) is 5.32 Å².